The Morgan fingerprint density at radius 2 is 2.00 bits per heavy atom. The van der Waals surface area contributed by atoms with Crippen LogP contribution in [0.1, 0.15) is 5.56 Å². The van der Waals surface area contributed by atoms with Gasteiger partial charge in [-0.15, -0.1) is 0 Å². The molecule has 0 aliphatic carbocycles. The monoisotopic (exact) mass is 208 g/mol. The first kappa shape index (κ1) is 9.16. The quantitative estimate of drug-likeness (QED) is 0.599. The fourth-order valence-corrected chi connectivity index (χ4v) is 1.92. The first-order valence-electron chi connectivity index (χ1n) is 5.32. The Morgan fingerprint density at radius 3 is 2.88 bits per heavy atom. The summed E-state index contributed by atoms with van der Waals surface area (Å²) in [5.41, 5.74) is 4.87. The maximum Gasteiger partial charge on any atom is 0.0992 e. The van der Waals surface area contributed by atoms with E-state index in [0.29, 0.717) is 0 Å². The molecule has 2 heteroatoms. The summed E-state index contributed by atoms with van der Waals surface area (Å²) in [4.78, 5) is 4.12. The number of imidazole rings is 1. The van der Waals surface area contributed by atoms with Crippen molar-refractivity contribution in [1.29, 1.82) is 0 Å². The van der Waals surface area contributed by atoms with Crippen LogP contribution in [0.5, 0.6) is 0 Å². The van der Waals surface area contributed by atoms with Crippen molar-refractivity contribution in [1.82, 2.24) is 9.38 Å². The molecule has 3 rings (SSSR count). The van der Waals surface area contributed by atoms with Crippen molar-refractivity contribution in [2.75, 3.05) is 0 Å². The molecule has 2 heterocycles. The van der Waals surface area contributed by atoms with Gasteiger partial charge in [-0.3, -0.25) is 0 Å². The van der Waals surface area contributed by atoms with Gasteiger partial charge in [-0.05, 0) is 24.1 Å². The molecule has 0 radical (unpaired) electrons. The third-order valence-electron chi connectivity index (χ3n) is 2.76. The van der Waals surface area contributed by atoms with Crippen LogP contribution in [-0.2, 0) is 0 Å². The summed E-state index contributed by atoms with van der Waals surface area (Å²) in [5, 5.41) is 0. The van der Waals surface area contributed by atoms with Gasteiger partial charge in [-0.2, -0.15) is 0 Å². The molecule has 0 amide bonds. The summed E-state index contributed by atoms with van der Waals surface area (Å²) in [5.74, 6) is 0. The fraction of sp³-hybridized carbons (Fsp3) is 0.0714. The molecule has 0 aliphatic heterocycles. The van der Waals surface area contributed by atoms with Crippen LogP contribution in [-0.4, -0.2) is 9.38 Å². The van der Waals surface area contributed by atoms with Gasteiger partial charge in [0.1, 0.15) is 0 Å². The lowest BCUT2D eigenvalue weighted by Crippen LogP contribution is -1.85. The molecule has 0 atom stereocenters. The van der Waals surface area contributed by atoms with Gasteiger partial charge in [0.15, 0.2) is 0 Å². The predicted molar refractivity (Wildman–Crippen MR) is 65.4 cm³/mol. The predicted octanol–water partition coefficient (Wildman–Crippen LogP) is 3.31. The van der Waals surface area contributed by atoms with E-state index in [1.54, 1.807) is 0 Å². The van der Waals surface area contributed by atoms with E-state index in [4.69, 9.17) is 0 Å². The van der Waals surface area contributed by atoms with Crippen LogP contribution in [0, 0.1) is 6.92 Å². The second-order valence-electron chi connectivity index (χ2n) is 4.01. The van der Waals surface area contributed by atoms with Gasteiger partial charge in [0.05, 0.1) is 18.0 Å². The van der Waals surface area contributed by atoms with Gasteiger partial charge < -0.3 is 4.40 Å². The van der Waals surface area contributed by atoms with Crippen LogP contribution >= 0.6 is 0 Å². The number of nitrogens with zero attached hydrogens (tertiary/aromatic N) is 2. The Labute approximate surface area is 94.2 Å². The van der Waals surface area contributed by atoms with Crippen LogP contribution in [0.15, 0.2) is 55.1 Å². The second kappa shape index (κ2) is 3.49. The van der Waals surface area contributed by atoms with Crippen LogP contribution < -0.4 is 0 Å². The summed E-state index contributed by atoms with van der Waals surface area (Å²) in [6, 6.07) is 12.7. The lowest BCUT2D eigenvalue weighted by molar-refractivity contribution is 1.16. The van der Waals surface area contributed by atoms with E-state index in [0.717, 1.165) is 5.52 Å². The summed E-state index contributed by atoms with van der Waals surface area (Å²) in [6.45, 7) is 2.11. The lowest BCUT2D eigenvalue weighted by Gasteiger charge is -2.03. The zero-order valence-electron chi connectivity index (χ0n) is 9.09. The number of fused-ring (bicyclic) bond motifs is 1. The molecule has 2 nitrogen and oxygen atoms in total. The molecule has 0 saturated carbocycles. The number of aromatic nitrogens is 2. The van der Waals surface area contributed by atoms with Crippen LogP contribution in [0.4, 0.5) is 0 Å². The number of hydrogen-bond acceptors (Lipinski definition) is 1. The highest BCUT2D eigenvalue weighted by atomic mass is 15.0. The normalized spacial score (nSPS) is 10.8. The molecule has 2 aromatic heterocycles. The van der Waals surface area contributed by atoms with E-state index >= 15 is 0 Å². The third-order valence-corrected chi connectivity index (χ3v) is 2.76. The summed E-state index contributed by atoms with van der Waals surface area (Å²) in [6.07, 6.45) is 5.80. The number of benzene rings is 1. The average molecular weight is 208 g/mol. The fourth-order valence-electron chi connectivity index (χ4n) is 1.92. The molecule has 0 aliphatic rings. The molecule has 0 unspecified atom stereocenters. The van der Waals surface area contributed by atoms with Gasteiger partial charge in [-0.25, -0.2) is 4.98 Å². The zero-order valence-corrected chi connectivity index (χ0v) is 9.09. The van der Waals surface area contributed by atoms with Crippen molar-refractivity contribution in [3.63, 3.8) is 0 Å². The average Bonchev–Trinajstić information content (AvgIpc) is 2.75. The molecule has 16 heavy (non-hydrogen) atoms. The summed E-state index contributed by atoms with van der Waals surface area (Å²) < 4.78 is 2.04. The van der Waals surface area contributed by atoms with Crippen LogP contribution in [0.3, 0.4) is 0 Å². The maximum atomic E-state index is 4.12. The maximum absolute atomic E-state index is 4.12. The molecule has 3 aromatic rings. The first-order valence-corrected chi connectivity index (χ1v) is 5.32. The first-order chi connectivity index (χ1) is 7.83. The third kappa shape index (κ3) is 1.48. The smallest absolute Gasteiger partial charge is 0.0992 e. The Bertz CT molecular complexity index is 638. The van der Waals surface area contributed by atoms with E-state index < -0.39 is 0 Å². The topological polar surface area (TPSA) is 17.3 Å². The van der Waals surface area contributed by atoms with Crippen molar-refractivity contribution in [2.45, 2.75) is 6.92 Å². The molecular formula is C14H12N2. The van der Waals surface area contributed by atoms with Crippen molar-refractivity contribution >= 4 is 5.52 Å². The summed E-state index contributed by atoms with van der Waals surface area (Å²) >= 11 is 0. The van der Waals surface area contributed by atoms with E-state index in [1.165, 1.54) is 16.7 Å². The molecule has 0 fully saturated rings. The SMILES string of the molecule is Cc1cccc(-c2ccc3cncn3c2)c1. The van der Waals surface area contributed by atoms with Gasteiger partial charge >= 0.3 is 0 Å². The zero-order chi connectivity index (χ0) is 11.0. The Kier molecular flexibility index (Phi) is 2.00. The Balaban J connectivity index is 2.18. The largest absolute Gasteiger partial charge is 0.306 e. The Morgan fingerprint density at radius 1 is 1.06 bits per heavy atom. The summed E-state index contributed by atoms with van der Waals surface area (Å²) in [7, 11) is 0. The minimum atomic E-state index is 1.12. The molecular weight excluding hydrogens is 196 g/mol. The minimum Gasteiger partial charge on any atom is -0.306 e. The van der Waals surface area contributed by atoms with Crippen molar-refractivity contribution in [2.24, 2.45) is 0 Å². The molecule has 78 valence electrons. The van der Waals surface area contributed by atoms with Gasteiger partial charge in [0, 0.05) is 6.20 Å². The highest BCUT2D eigenvalue weighted by Gasteiger charge is 1.99. The van der Waals surface area contributed by atoms with Gasteiger partial charge in [-0.1, -0.05) is 35.9 Å². The van der Waals surface area contributed by atoms with E-state index in [-0.39, 0.29) is 0 Å². The van der Waals surface area contributed by atoms with Gasteiger partial charge in [0.2, 0.25) is 0 Å². The molecule has 1 aromatic carbocycles. The number of pyridine rings is 1. The molecule has 0 saturated heterocycles. The van der Waals surface area contributed by atoms with E-state index in [1.807, 2.05) is 16.9 Å². The number of aryl methyl sites for hydroxylation is 1. The highest BCUT2D eigenvalue weighted by Crippen LogP contribution is 2.20. The number of rotatable bonds is 1. The highest BCUT2D eigenvalue weighted by molar-refractivity contribution is 5.65. The van der Waals surface area contributed by atoms with Crippen LogP contribution in [0.2, 0.25) is 0 Å². The van der Waals surface area contributed by atoms with Crippen molar-refractivity contribution < 1.29 is 0 Å². The van der Waals surface area contributed by atoms with E-state index in [9.17, 15) is 0 Å². The minimum absolute atomic E-state index is 1.12. The lowest BCUT2D eigenvalue weighted by atomic mass is 10.1. The van der Waals surface area contributed by atoms with E-state index in [2.05, 4.69) is 54.5 Å². The molecule has 0 bridgehead atoms. The Hall–Kier alpha value is -2.09. The van der Waals surface area contributed by atoms with Crippen molar-refractivity contribution in [3.8, 4) is 11.1 Å². The standard InChI is InChI=1S/C14H12N2/c1-11-3-2-4-12(7-11)13-5-6-14-8-15-10-16(14)9-13/h2-10H,1H3. The molecule has 0 N–H and O–H groups in total. The second-order valence-corrected chi connectivity index (χ2v) is 4.01. The van der Waals surface area contributed by atoms with Crippen LogP contribution in [0.25, 0.3) is 16.6 Å². The van der Waals surface area contributed by atoms with Gasteiger partial charge in [0.25, 0.3) is 0 Å². The molecule has 0 spiro atoms. The van der Waals surface area contributed by atoms with Crippen molar-refractivity contribution in [3.05, 3.63) is 60.7 Å². The number of hydrogen-bond donors (Lipinski definition) is 0.